The average Bonchev–Trinajstić information content (AvgIpc) is 3.21. The molecule has 0 aromatic rings. The molecule has 4 aliphatic carbocycles. The highest BCUT2D eigenvalue weighted by Crippen LogP contribution is 2.69. The molecule has 0 amide bonds. The first kappa shape index (κ1) is 19.1. The second-order valence-electron chi connectivity index (χ2n) is 10.0. The lowest BCUT2D eigenvalue weighted by atomic mass is 9.42. The van der Waals surface area contributed by atoms with Crippen molar-refractivity contribution < 1.29 is 34.4 Å². The van der Waals surface area contributed by atoms with Gasteiger partial charge in [-0.05, 0) is 31.1 Å². The Kier molecular flexibility index (Phi) is 4.00. The number of carbonyl (C=O) groups is 2. The molecule has 0 aromatic carbocycles. The van der Waals surface area contributed by atoms with Crippen molar-refractivity contribution in [2.24, 2.45) is 28.6 Å². The summed E-state index contributed by atoms with van der Waals surface area (Å²) in [6.45, 7) is 2.65. The van der Waals surface area contributed by atoms with Gasteiger partial charge >= 0.3 is 0 Å². The Morgan fingerprint density at radius 1 is 1.11 bits per heavy atom. The molecule has 0 unspecified atom stereocenters. The van der Waals surface area contributed by atoms with Crippen LogP contribution >= 0.6 is 0 Å². The molecule has 5 rings (SSSR count). The van der Waals surface area contributed by atoms with E-state index in [1.54, 1.807) is 0 Å². The van der Waals surface area contributed by atoms with E-state index in [1.165, 1.54) is 0 Å². The van der Waals surface area contributed by atoms with Crippen LogP contribution in [-0.2, 0) is 19.1 Å². The van der Waals surface area contributed by atoms with Gasteiger partial charge < -0.3 is 24.8 Å². The van der Waals surface area contributed by atoms with Crippen LogP contribution in [0.5, 0.6) is 0 Å². The molecule has 7 heteroatoms. The average molecular weight is 394 g/mol. The molecule has 3 N–H and O–H groups in total. The number of Topliss-reactive ketones (excluding diaryl/α,β-unsaturated/α-hetero) is 2. The van der Waals surface area contributed by atoms with E-state index in [-0.39, 0.29) is 42.7 Å². The Morgan fingerprint density at radius 3 is 2.50 bits per heavy atom. The Bertz CT molecular complexity index is 716. The van der Waals surface area contributed by atoms with Gasteiger partial charge in [-0.3, -0.25) is 9.59 Å². The molecule has 0 radical (unpaired) electrons. The number of ketones is 2. The van der Waals surface area contributed by atoms with Gasteiger partial charge in [-0.2, -0.15) is 0 Å². The zero-order valence-electron chi connectivity index (χ0n) is 16.4. The van der Waals surface area contributed by atoms with Gasteiger partial charge in [-0.1, -0.05) is 6.92 Å². The lowest BCUT2D eigenvalue weighted by Gasteiger charge is -2.64. The van der Waals surface area contributed by atoms with E-state index in [0.29, 0.717) is 26.1 Å². The molecule has 7 nitrogen and oxygen atoms in total. The van der Waals surface area contributed by atoms with Crippen LogP contribution in [0.2, 0.25) is 0 Å². The molecular formula is C21H30O7. The van der Waals surface area contributed by atoms with E-state index < -0.39 is 40.8 Å². The van der Waals surface area contributed by atoms with Gasteiger partial charge in [0.05, 0.1) is 36.9 Å². The first-order valence-electron chi connectivity index (χ1n) is 10.6. The topological polar surface area (TPSA) is 113 Å². The van der Waals surface area contributed by atoms with Gasteiger partial charge in [0.15, 0.2) is 5.79 Å². The number of aliphatic hydroxyl groups excluding tert-OH is 2. The van der Waals surface area contributed by atoms with Crippen LogP contribution in [0, 0.1) is 28.6 Å². The van der Waals surface area contributed by atoms with Gasteiger partial charge in [0, 0.05) is 37.0 Å². The van der Waals surface area contributed by atoms with Crippen molar-refractivity contribution in [3.8, 4) is 0 Å². The molecule has 1 spiro atoms. The fourth-order valence-electron chi connectivity index (χ4n) is 7.94. The summed E-state index contributed by atoms with van der Waals surface area (Å²) in [5.74, 6) is -1.53. The predicted molar refractivity (Wildman–Crippen MR) is 96.0 cm³/mol. The number of rotatable bonds is 1. The first-order valence-corrected chi connectivity index (χ1v) is 10.6. The fraction of sp³-hybridized carbons (Fsp3) is 0.905. The summed E-state index contributed by atoms with van der Waals surface area (Å²) < 4.78 is 12.1. The third-order valence-electron chi connectivity index (χ3n) is 9.14. The largest absolute Gasteiger partial charge is 0.396 e. The van der Waals surface area contributed by atoms with Crippen LogP contribution in [0.25, 0.3) is 0 Å². The first-order chi connectivity index (χ1) is 13.2. The molecule has 0 bridgehead atoms. The number of carbonyl (C=O) groups excluding carboxylic acids is 2. The van der Waals surface area contributed by atoms with Crippen LogP contribution in [0.4, 0.5) is 0 Å². The molecule has 0 aromatic heterocycles. The Labute approximate surface area is 164 Å². The molecule has 28 heavy (non-hydrogen) atoms. The number of fused-ring (bicyclic) bond motifs is 6. The number of hydrogen-bond donors (Lipinski definition) is 3. The standard InChI is InChI=1S/C21H30O7/c1-18-10-15(24)17-13(14(18)3-5-21(18)27-6-7-28-21)2-4-19(26)9-12(23)8-16(25)20(17,19)11-22/h13-14,16-17,22,25-26H,2-11H2,1H3/t13-,14-,16+,17+,18-,19-,20+/m0/s1. The van der Waals surface area contributed by atoms with Crippen molar-refractivity contribution in [1.82, 2.24) is 0 Å². The molecule has 5 aliphatic rings. The van der Waals surface area contributed by atoms with Crippen LogP contribution in [0.1, 0.15) is 51.9 Å². The van der Waals surface area contributed by atoms with Crippen LogP contribution in [0.15, 0.2) is 0 Å². The van der Waals surface area contributed by atoms with Gasteiger partial charge in [0.25, 0.3) is 0 Å². The summed E-state index contributed by atoms with van der Waals surface area (Å²) in [6.07, 6.45) is 1.34. The summed E-state index contributed by atoms with van der Waals surface area (Å²) in [4.78, 5) is 25.7. The fourth-order valence-corrected chi connectivity index (χ4v) is 7.94. The van der Waals surface area contributed by atoms with Crippen LogP contribution in [-0.4, -0.2) is 64.2 Å². The molecule has 1 heterocycles. The summed E-state index contributed by atoms with van der Waals surface area (Å²) in [5.41, 5.74) is -3.34. The second kappa shape index (κ2) is 5.85. The van der Waals surface area contributed by atoms with Crippen molar-refractivity contribution in [3.05, 3.63) is 0 Å². The third kappa shape index (κ3) is 2.02. The van der Waals surface area contributed by atoms with Gasteiger partial charge in [-0.15, -0.1) is 0 Å². The summed E-state index contributed by atoms with van der Waals surface area (Å²) in [6, 6.07) is 0. The quantitative estimate of drug-likeness (QED) is 0.596. The SMILES string of the molecule is C[C@]12CC(=O)[C@H]3[C@@H](CC[C@]4(O)CC(=O)C[C@@H](O)[C@]34CO)[C@@H]1CCC21OCCO1. The minimum absolute atomic E-state index is 0.0512. The predicted octanol–water partition coefficient (Wildman–Crippen LogP) is 0.578. The minimum atomic E-state index is -1.53. The maximum absolute atomic E-state index is 13.6. The van der Waals surface area contributed by atoms with Gasteiger partial charge in [-0.25, -0.2) is 0 Å². The lowest BCUT2D eigenvalue weighted by molar-refractivity contribution is -0.270. The highest BCUT2D eigenvalue weighted by molar-refractivity contribution is 5.87. The van der Waals surface area contributed by atoms with Crippen molar-refractivity contribution in [1.29, 1.82) is 0 Å². The van der Waals surface area contributed by atoms with E-state index in [0.717, 1.165) is 12.8 Å². The Balaban J connectivity index is 1.59. The van der Waals surface area contributed by atoms with Crippen LogP contribution < -0.4 is 0 Å². The summed E-state index contributed by atoms with van der Waals surface area (Å²) >= 11 is 0. The maximum atomic E-state index is 13.6. The molecule has 5 fully saturated rings. The lowest BCUT2D eigenvalue weighted by Crippen LogP contribution is -2.72. The third-order valence-corrected chi connectivity index (χ3v) is 9.14. The Hall–Kier alpha value is -0.860. The van der Waals surface area contributed by atoms with E-state index in [4.69, 9.17) is 9.47 Å². The Morgan fingerprint density at radius 2 is 1.82 bits per heavy atom. The molecule has 7 atom stereocenters. The molecule has 1 saturated heterocycles. The smallest absolute Gasteiger partial charge is 0.174 e. The normalized spacial score (nSPS) is 52.4. The molecule has 4 saturated carbocycles. The molecule has 1 aliphatic heterocycles. The van der Waals surface area contributed by atoms with E-state index in [1.807, 2.05) is 0 Å². The van der Waals surface area contributed by atoms with Gasteiger partial charge in [0.1, 0.15) is 11.6 Å². The van der Waals surface area contributed by atoms with Crippen molar-refractivity contribution in [2.75, 3.05) is 19.8 Å². The second-order valence-corrected chi connectivity index (χ2v) is 10.0. The summed E-state index contributed by atoms with van der Waals surface area (Å²) in [7, 11) is 0. The zero-order valence-corrected chi connectivity index (χ0v) is 16.4. The maximum Gasteiger partial charge on any atom is 0.174 e. The van der Waals surface area contributed by atoms with Crippen LogP contribution in [0.3, 0.4) is 0 Å². The number of hydrogen-bond acceptors (Lipinski definition) is 7. The number of ether oxygens (including phenoxy) is 2. The molecule has 156 valence electrons. The minimum Gasteiger partial charge on any atom is -0.396 e. The highest BCUT2D eigenvalue weighted by Gasteiger charge is 2.74. The van der Waals surface area contributed by atoms with Crippen molar-refractivity contribution in [2.45, 2.75) is 69.4 Å². The van der Waals surface area contributed by atoms with E-state index in [2.05, 4.69) is 6.92 Å². The zero-order chi connectivity index (χ0) is 19.9. The summed E-state index contributed by atoms with van der Waals surface area (Å²) in [5, 5.41) is 32.8. The van der Waals surface area contributed by atoms with E-state index in [9.17, 15) is 24.9 Å². The van der Waals surface area contributed by atoms with Crippen molar-refractivity contribution >= 4 is 11.6 Å². The van der Waals surface area contributed by atoms with Crippen molar-refractivity contribution in [3.63, 3.8) is 0 Å². The monoisotopic (exact) mass is 394 g/mol. The highest BCUT2D eigenvalue weighted by atomic mass is 16.7. The van der Waals surface area contributed by atoms with Gasteiger partial charge in [0.2, 0.25) is 0 Å². The van der Waals surface area contributed by atoms with E-state index >= 15 is 0 Å². The molecular weight excluding hydrogens is 364 g/mol. The number of aliphatic hydroxyl groups is 3.